The summed E-state index contributed by atoms with van der Waals surface area (Å²) in [6.07, 6.45) is -0.748. The lowest BCUT2D eigenvalue weighted by Crippen LogP contribution is -2.03. The fourth-order valence-corrected chi connectivity index (χ4v) is 2.58. The minimum absolute atomic E-state index is 0.296. The lowest BCUT2D eigenvalue weighted by Gasteiger charge is -2.17. The van der Waals surface area contributed by atoms with Gasteiger partial charge in [0.2, 0.25) is 0 Å². The maximum Gasteiger partial charge on any atom is 0.123 e. The van der Waals surface area contributed by atoms with Gasteiger partial charge in [-0.15, -0.1) is 0 Å². The molecule has 0 bridgehead atoms. The second-order valence-corrected chi connectivity index (χ2v) is 4.97. The predicted molar refractivity (Wildman–Crippen MR) is 79.1 cm³/mol. The predicted octanol–water partition coefficient (Wildman–Crippen LogP) is 4.37. The summed E-state index contributed by atoms with van der Waals surface area (Å²) in [4.78, 5) is 0. The number of hydrogen-bond acceptors (Lipinski definition) is 1. The van der Waals surface area contributed by atoms with Crippen molar-refractivity contribution >= 4 is 10.8 Å². The molecule has 0 fully saturated rings. The molecule has 100 valence electrons. The van der Waals surface area contributed by atoms with E-state index in [1.54, 1.807) is 12.1 Å². The van der Waals surface area contributed by atoms with Gasteiger partial charge in [-0.25, -0.2) is 4.39 Å². The minimum atomic E-state index is -0.748. The molecule has 1 atom stereocenters. The molecular weight excluding hydrogens is 251 g/mol. The van der Waals surface area contributed by atoms with Crippen molar-refractivity contribution in [1.29, 1.82) is 0 Å². The maximum atomic E-state index is 13.0. The van der Waals surface area contributed by atoms with Crippen LogP contribution in [-0.2, 0) is 0 Å². The van der Waals surface area contributed by atoms with Crippen molar-refractivity contribution < 1.29 is 9.50 Å². The largest absolute Gasteiger partial charge is 0.384 e. The molecule has 0 saturated carbocycles. The number of rotatable bonds is 2. The van der Waals surface area contributed by atoms with Crippen LogP contribution in [0.1, 0.15) is 22.8 Å². The van der Waals surface area contributed by atoms with E-state index in [1.165, 1.54) is 12.1 Å². The van der Waals surface area contributed by atoms with E-state index in [1.807, 2.05) is 43.3 Å². The first-order valence-electron chi connectivity index (χ1n) is 6.58. The summed E-state index contributed by atoms with van der Waals surface area (Å²) in [7, 11) is 0. The van der Waals surface area contributed by atoms with E-state index in [9.17, 15) is 9.50 Å². The van der Waals surface area contributed by atoms with Gasteiger partial charge in [-0.05, 0) is 46.5 Å². The molecule has 3 rings (SSSR count). The van der Waals surface area contributed by atoms with Gasteiger partial charge in [0.1, 0.15) is 11.9 Å². The number of aliphatic hydroxyl groups is 1. The van der Waals surface area contributed by atoms with Gasteiger partial charge in [0.05, 0.1) is 0 Å². The Morgan fingerprint density at radius 3 is 2.35 bits per heavy atom. The first-order valence-corrected chi connectivity index (χ1v) is 6.58. The Morgan fingerprint density at radius 1 is 0.900 bits per heavy atom. The van der Waals surface area contributed by atoms with E-state index in [0.717, 1.165) is 21.9 Å². The molecule has 1 nitrogen and oxygen atoms in total. The van der Waals surface area contributed by atoms with Gasteiger partial charge in [-0.3, -0.25) is 0 Å². The third kappa shape index (κ3) is 2.19. The summed E-state index contributed by atoms with van der Waals surface area (Å²) >= 11 is 0. The molecule has 0 radical (unpaired) electrons. The highest BCUT2D eigenvalue weighted by atomic mass is 19.1. The van der Waals surface area contributed by atoms with Crippen molar-refractivity contribution in [1.82, 2.24) is 0 Å². The lowest BCUT2D eigenvalue weighted by molar-refractivity contribution is 0.221. The topological polar surface area (TPSA) is 20.2 Å². The second-order valence-electron chi connectivity index (χ2n) is 4.97. The average Bonchev–Trinajstić information content (AvgIpc) is 2.47. The van der Waals surface area contributed by atoms with Crippen LogP contribution in [0.3, 0.4) is 0 Å². The van der Waals surface area contributed by atoms with E-state index in [0.29, 0.717) is 5.56 Å². The van der Waals surface area contributed by atoms with Gasteiger partial charge in [0, 0.05) is 0 Å². The molecule has 0 heterocycles. The molecule has 0 saturated heterocycles. The van der Waals surface area contributed by atoms with E-state index in [4.69, 9.17) is 0 Å². The summed E-state index contributed by atoms with van der Waals surface area (Å²) in [5.74, 6) is -0.296. The van der Waals surface area contributed by atoms with Crippen LogP contribution >= 0.6 is 0 Å². The highest BCUT2D eigenvalue weighted by Crippen LogP contribution is 2.31. The third-order valence-electron chi connectivity index (χ3n) is 3.65. The Kier molecular flexibility index (Phi) is 3.25. The molecule has 20 heavy (non-hydrogen) atoms. The average molecular weight is 266 g/mol. The van der Waals surface area contributed by atoms with E-state index in [2.05, 4.69) is 0 Å². The van der Waals surface area contributed by atoms with Gasteiger partial charge in [-0.1, -0.05) is 48.5 Å². The van der Waals surface area contributed by atoms with Gasteiger partial charge in [-0.2, -0.15) is 0 Å². The Morgan fingerprint density at radius 2 is 1.60 bits per heavy atom. The Hall–Kier alpha value is -2.19. The number of hydrogen-bond donors (Lipinski definition) is 1. The molecule has 1 N–H and O–H groups in total. The molecule has 0 aromatic heterocycles. The summed E-state index contributed by atoms with van der Waals surface area (Å²) in [5, 5.41) is 12.8. The minimum Gasteiger partial charge on any atom is -0.384 e. The zero-order chi connectivity index (χ0) is 14.1. The van der Waals surface area contributed by atoms with Crippen LogP contribution in [-0.4, -0.2) is 5.11 Å². The zero-order valence-electron chi connectivity index (χ0n) is 11.2. The Bertz CT molecular complexity index is 747. The molecule has 3 aromatic rings. The third-order valence-corrected chi connectivity index (χ3v) is 3.65. The molecule has 3 aromatic carbocycles. The van der Waals surface area contributed by atoms with Crippen LogP contribution in [0.15, 0.2) is 60.7 Å². The Balaban J connectivity index is 2.18. The van der Waals surface area contributed by atoms with Crippen molar-refractivity contribution in [3.8, 4) is 0 Å². The normalized spacial score (nSPS) is 12.6. The van der Waals surface area contributed by atoms with Crippen LogP contribution in [0.2, 0.25) is 0 Å². The summed E-state index contributed by atoms with van der Waals surface area (Å²) in [6.45, 7) is 1.98. The standard InChI is InChI=1S/C18H15FO/c1-12-6-7-13-4-2-3-5-16(13)17(12)18(20)14-8-10-15(19)11-9-14/h2-11,18,20H,1H3. The zero-order valence-corrected chi connectivity index (χ0v) is 11.2. The van der Waals surface area contributed by atoms with Gasteiger partial charge < -0.3 is 5.11 Å². The Labute approximate surface area is 117 Å². The van der Waals surface area contributed by atoms with Crippen LogP contribution < -0.4 is 0 Å². The molecule has 0 aliphatic carbocycles. The first kappa shape index (κ1) is 12.8. The molecule has 2 heteroatoms. The SMILES string of the molecule is Cc1ccc2ccccc2c1C(O)c1ccc(F)cc1. The van der Waals surface area contributed by atoms with E-state index in [-0.39, 0.29) is 5.82 Å². The maximum absolute atomic E-state index is 13.0. The highest BCUT2D eigenvalue weighted by Gasteiger charge is 2.16. The monoisotopic (exact) mass is 266 g/mol. The fraction of sp³-hybridized carbons (Fsp3) is 0.111. The van der Waals surface area contributed by atoms with Crippen LogP contribution in [0.25, 0.3) is 10.8 Å². The van der Waals surface area contributed by atoms with Crippen LogP contribution in [0, 0.1) is 12.7 Å². The van der Waals surface area contributed by atoms with E-state index >= 15 is 0 Å². The lowest BCUT2D eigenvalue weighted by atomic mass is 9.92. The smallest absolute Gasteiger partial charge is 0.123 e. The van der Waals surface area contributed by atoms with Crippen molar-refractivity contribution in [2.24, 2.45) is 0 Å². The van der Waals surface area contributed by atoms with E-state index < -0.39 is 6.10 Å². The number of halogens is 1. The van der Waals surface area contributed by atoms with Crippen LogP contribution in [0.5, 0.6) is 0 Å². The summed E-state index contributed by atoms with van der Waals surface area (Å²) in [5.41, 5.74) is 2.61. The number of benzene rings is 3. The molecule has 1 unspecified atom stereocenters. The van der Waals surface area contributed by atoms with Crippen LogP contribution in [0.4, 0.5) is 4.39 Å². The van der Waals surface area contributed by atoms with Gasteiger partial charge in [0.25, 0.3) is 0 Å². The van der Waals surface area contributed by atoms with Crippen molar-refractivity contribution in [2.45, 2.75) is 13.0 Å². The summed E-state index contributed by atoms with van der Waals surface area (Å²) in [6, 6.07) is 18.0. The number of aliphatic hydroxyl groups excluding tert-OH is 1. The number of aryl methyl sites for hydroxylation is 1. The molecule has 0 spiro atoms. The molecule has 0 amide bonds. The second kappa shape index (κ2) is 5.06. The fourth-order valence-electron chi connectivity index (χ4n) is 2.58. The highest BCUT2D eigenvalue weighted by molar-refractivity contribution is 5.87. The van der Waals surface area contributed by atoms with Crippen molar-refractivity contribution in [3.63, 3.8) is 0 Å². The summed E-state index contributed by atoms with van der Waals surface area (Å²) < 4.78 is 13.0. The molecule has 0 aliphatic heterocycles. The quantitative estimate of drug-likeness (QED) is 0.730. The molecular formula is C18H15FO. The molecule has 0 aliphatic rings. The van der Waals surface area contributed by atoms with Crippen molar-refractivity contribution in [3.05, 3.63) is 83.2 Å². The first-order chi connectivity index (χ1) is 9.66. The van der Waals surface area contributed by atoms with Gasteiger partial charge >= 0.3 is 0 Å². The van der Waals surface area contributed by atoms with Gasteiger partial charge in [0.15, 0.2) is 0 Å². The van der Waals surface area contributed by atoms with Crippen molar-refractivity contribution in [2.75, 3.05) is 0 Å². The number of fused-ring (bicyclic) bond motifs is 1.